The molecule has 3 rings (SSSR count). The molecule has 0 fully saturated rings. The fourth-order valence-corrected chi connectivity index (χ4v) is 3.32. The van der Waals surface area contributed by atoms with Crippen LogP contribution in [0.2, 0.25) is 0 Å². The van der Waals surface area contributed by atoms with Gasteiger partial charge >= 0.3 is 5.97 Å². The van der Waals surface area contributed by atoms with Crippen LogP contribution in [0.1, 0.15) is 28.5 Å². The SMILES string of the molecule is CCOC(=O)Cn1c(C)c(/C=N\NC(=O)c2cc(OC)cc(OC)c2)c2ccccc21. The number of carbonyl (C=O) groups is 2. The number of nitrogens with zero attached hydrogens (tertiary/aromatic N) is 2. The van der Waals surface area contributed by atoms with Gasteiger partial charge < -0.3 is 18.8 Å². The Labute approximate surface area is 180 Å². The third-order valence-corrected chi connectivity index (χ3v) is 4.85. The number of hydrogen-bond donors (Lipinski definition) is 1. The van der Waals surface area contributed by atoms with Crippen molar-refractivity contribution in [3.8, 4) is 11.5 Å². The van der Waals surface area contributed by atoms with Gasteiger partial charge in [0.2, 0.25) is 0 Å². The number of para-hydroxylation sites is 1. The third-order valence-electron chi connectivity index (χ3n) is 4.85. The van der Waals surface area contributed by atoms with Crippen molar-refractivity contribution in [3.63, 3.8) is 0 Å². The van der Waals surface area contributed by atoms with Crippen molar-refractivity contribution in [1.82, 2.24) is 9.99 Å². The summed E-state index contributed by atoms with van der Waals surface area (Å²) in [4.78, 5) is 24.6. The summed E-state index contributed by atoms with van der Waals surface area (Å²) < 4.78 is 17.4. The highest BCUT2D eigenvalue weighted by molar-refractivity contribution is 6.02. The first-order valence-electron chi connectivity index (χ1n) is 9.78. The molecular weight excluding hydrogens is 398 g/mol. The lowest BCUT2D eigenvalue weighted by Gasteiger charge is -2.08. The van der Waals surface area contributed by atoms with Crippen LogP contribution in [0, 0.1) is 6.92 Å². The second kappa shape index (κ2) is 9.80. The summed E-state index contributed by atoms with van der Waals surface area (Å²) >= 11 is 0. The van der Waals surface area contributed by atoms with E-state index in [1.165, 1.54) is 14.2 Å². The van der Waals surface area contributed by atoms with Gasteiger partial charge in [0.15, 0.2) is 0 Å². The molecule has 162 valence electrons. The van der Waals surface area contributed by atoms with Gasteiger partial charge in [-0.1, -0.05) is 18.2 Å². The molecular formula is C23H25N3O5. The summed E-state index contributed by atoms with van der Waals surface area (Å²) in [5.74, 6) is 0.300. The minimum Gasteiger partial charge on any atom is -0.497 e. The highest BCUT2D eigenvalue weighted by Gasteiger charge is 2.15. The molecule has 1 N–H and O–H groups in total. The second-order valence-electron chi connectivity index (χ2n) is 6.71. The number of rotatable bonds is 8. The predicted octanol–water partition coefficient (Wildman–Crippen LogP) is 3.29. The molecule has 2 aromatic carbocycles. The number of hydrazone groups is 1. The molecule has 0 aliphatic heterocycles. The van der Waals surface area contributed by atoms with Crippen LogP contribution in [0.4, 0.5) is 0 Å². The first-order chi connectivity index (χ1) is 15.0. The van der Waals surface area contributed by atoms with Gasteiger partial charge in [-0.2, -0.15) is 5.10 Å². The monoisotopic (exact) mass is 423 g/mol. The van der Waals surface area contributed by atoms with Gasteiger partial charge in [0.25, 0.3) is 5.91 Å². The van der Waals surface area contributed by atoms with Crippen LogP contribution < -0.4 is 14.9 Å². The average molecular weight is 423 g/mol. The maximum absolute atomic E-state index is 12.5. The van der Waals surface area contributed by atoms with Crippen molar-refractivity contribution >= 4 is 29.0 Å². The highest BCUT2D eigenvalue weighted by atomic mass is 16.5. The summed E-state index contributed by atoms with van der Waals surface area (Å²) in [6.07, 6.45) is 1.58. The molecule has 0 saturated heterocycles. The summed E-state index contributed by atoms with van der Waals surface area (Å²) in [5, 5.41) is 5.05. The number of nitrogens with one attached hydrogen (secondary N) is 1. The van der Waals surface area contributed by atoms with E-state index < -0.39 is 5.91 Å². The van der Waals surface area contributed by atoms with Crippen molar-refractivity contribution in [2.45, 2.75) is 20.4 Å². The highest BCUT2D eigenvalue weighted by Crippen LogP contribution is 2.25. The molecule has 0 atom stereocenters. The van der Waals surface area contributed by atoms with Gasteiger partial charge in [0, 0.05) is 33.8 Å². The van der Waals surface area contributed by atoms with E-state index in [9.17, 15) is 9.59 Å². The number of hydrogen-bond acceptors (Lipinski definition) is 6. The normalized spacial score (nSPS) is 11.0. The lowest BCUT2D eigenvalue weighted by Crippen LogP contribution is -2.18. The van der Waals surface area contributed by atoms with E-state index in [0.717, 1.165) is 22.2 Å². The molecule has 0 bridgehead atoms. The van der Waals surface area contributed by atoms with Crippen LogP contribution in [-0.2, 0) is 16.1 Å². The number of aromatic nitrogens is 1. The molecule has 3 aromatic rings. The van der Waals surface area contributed by atoms with Crippen molar-refractivity contribution in [2.24, 2.45) is 5.10 Å². The standard InChI is InChI=1S/C23H25N3O5/c1-5-31-22(27)14-26-15(2)20(19-8-6-7-9-21(19)26)13-24-25-23(28)16-10-17(29-3)12-18(11-16)30-4/h6-13H,5,14H2,1-4H3,(H,25,28)/b24-13-. The fraction of sp³-hybridized carbons (Fsp3) is 0.261. The zero-order chi connectivity index (χ0) is 22.4. The summed E-state index contributed by atoms with van der Waals surface area (Å²) in [5.41, 5.74) is 5.43. The molecule has 31 heavy (non-hydrogen) atoms. The Morgan fingerprint density at radius 1 is 1.10 bits per heavy atom. The molecule has 0 spiro atoms. The second-order valence-corrected chi connectivity index (χ2v) is 6.71. The molecule has 0 saturated carbocycles. The number of ether oxygens (including phenoxy) is 3. The van der Waals surface area contributed by atoms with Crippen LogP contribution in [0.3, 0.4) is 0 Å². The van der Waals surface area contributed by atoms with Crippen LogP contribution in [0.5, 0.6) is 11.5 Å². The molecule has 0 aliphatic carbocycles. The molecule has 8 nitrogen and oxygen atoms in total. The minimum atomic E-state index is -0.402. The Balaban J connectivity index is 1.86. The minimum absolute atomic E-state index is 0.101. The predicted molar refractivity (Wildman–Crippen MR) is 118 cm³/mol. The lowest BCUT2D eigenvalue weighted by atomic mass is 10.1. The number of esters is 1. The summed E-state index contributed by atoms with van der Waals surface area (Å²) in [7, 11) is 3.03. The number of methoxy groups -OCH3 is 2. The number of fused-ring (bicyclic) bond motifs is 1. The maximum Gasteiger partial charge on any atom is 0.325 e. The summed E-state index contributed by atoms with van der Waals surface area (Å²) in [6.45, 7) is 4.10. The van der Waals surface area contributed by atoms with Gasteiger partial charge in [-0.15, -0.1) is 0 Å². The van der Waals surface area contributed by atoms with Crippen LogP contribution in [-0.4, -0.2) is 43.5 Å². The van der Waals surface area contributed by atoms with E-state index in [1.807, 2.05) is 35.8 Å². The fourth-order valence-electron chi connectivity index (χ4n) is 3.32. The van der Waals surface area contributed by atoms with Crippen LogP contribution in [0.25, 0.3) is 10.9 Å². The Kier molecular flexibility index (Phi) is 6.92. The molecule has 1 heterocycles. The largest absolute Gasteiger partial charge is 0.497 e. The average Bonchev–Trinajstić information content (AvgIpc) is 3.04. The van der Waals surface area contributed by atoms with Gasteiger partial charge in [-0.3, -0.25) is 9.59 Å². The Bertz CT molecular complexity index is 1110. The lowest BCUT2D eigenvalue weighted by molar-refractivity contribution is -0.143. The quantitative estimate of drug-likeness (QED) is 0.341. The van der Waals surface area contributed by atoms with E-state index in [1.54, 1.807) is 31.3 Å². The first-order valence-corrected chi connectivity index (χ1v) is 9.78. The van der Waals surface area contributed by atoms with Crippen molar-refractivity contribution < 1.29 is 23.8 Å². The molecule has 1 amide bonds. The number of carbonyl (C=O) groups excluding carboxylic acids is 2. The molecule has 0 radical (unpaired) electrons. The van der Waals surface area contributed by atoms with E-state index in [-0.39, 0.29) is 12.5 Å². The van der Waals surface area contributed by atoms with Gasteiger partial charge in [-0.05, 0) is 32.0 Å². The van der Waals surface area contributed by atoms with Gasteiger partial charge in [-0.25, -0.2) is 5.43 Å². The topological polar surface area (TPSA) is 91.2 Å². The van der Waals surface area contributed by atoms with Crippen LogP contribution in [0.15, 0.2) is 47.6 Å². The maximum atomic E-state index is 12.5. The van der Waals surface area contributed by atoms with Crippen molar-refractivity contribution in [1.29, 1.82) is 0 Å². The van der Waals surface area contributed by atoms with Crippen molar-refractivity contribution in [2.75, 3.05) is 20.8 Å². The molecule has 0 aliphatic rings. The zero-order valence-corrected chi connectivity index (χ0v) is 18.0. The third kappa shape index (κ3) is 4.85. The number of amides is 1. The van der Waals surface area contributed by atoms with Crippen molar-refractivity contribution in [3.05, 3.63) is 59.3 Å². The Morgan fingerprint density at radius 2 is 1.77 bits per heavy atom. The smallest absolute Gasteiger partial charge is 0.325 e. The Morgan fingerprint density at radius 3 is 2.42 bits per heavy atom. The van der Waals surface area contributed by atoms with Crippen LogP contribution >= 0.6 is 0 Å². The Hall–Kier alpha value is -3.81. The summed E-state index contributed by atoms with van der Waals surface area (Å²) in [6, 6.07) is 12.6. The molecule has 1 aromatic heterocycles. The number of benzene rings is 2. The first kappa shape index (κ1) is 21.9. The van der Waals surface area contributed by atoms with E-state index in [4.69, 9.17) is 14.2 Å². The van der Waals surface area contributed by atoms with Gasteiger partial charge in [0.05, 0.1) is 27.0 Å². The van der Waals surface area contributed by atoms with E-state index in [0.29, 0.717) is 23.7 Å². The van der Waals surface area contributed by atoms with E-state index in [2.05, 4.69) is 10.5 Å². The molecule has 8 heteroatoms. The molecule has 0 unspecified atom stereocenters. The van der Waals surface area contributed by atoms with Gasteiger partial charge in [0.1, 0.15) is 18.0 Å². The van der Waals surface area contributed by atoms with E-state index >= 15 is 0 Å². The zero-order valence-electron chi connectivity index (χ0n) is 18.0.